The zero-order valence-corrected chi connectivity index (χ0v) is 21.0. The molecule has 0 atom stereocenters. The van der Waals surface area contributed by atoms with Gasteiger partial charge in [-0.05, 0) is 46.8 Å². The smallest absolute Gasteiger partial charge is 0.313 e. The molecule has 0 spiro atoms. The predicted molar refractivity (Wildman–Crippen MR) is 127 cm³/mol. The van der Waals surface area contributed by atoms with Crippen molar-refractivity contribution in [2.45, 2.75) is 78.6 Å². The van der Waals surface area contributed by atoms with Gasteiger partial charge in [0.2, 0.25) is 5.91 Å². The second kappa shape index (κ2) is 9.68. The van der Waals surface area contributed by atoms with Crippen LogP contribution in [0.1, 0.15) is 66.6 Å². The fourth-order valence-electron chi connectivity index (χ4n) is 3.20. The first-order valence-corrected chi connectivity index (χ1v) is 11.1. The fourth-order valence-corrected chi connectivity index (χ4v) is 3.20. The van der Waals surface area contributed by atoms with E-state index in [-0.39, 0.29) is 17.6 Å². The number of hydrogen-bond donors (Lipinski definition) is 2. The molecule has 7 nitrogen and oxygen atoms in total. The number of nitrogens with zero attached hydrogens (tertiary/aromatic N) is 3. The lowest BCUT2D eigenvalue weighted by atomic mass is 9.92. The van der Waals surface area contributed by atoms with Gasteiger partial charge in [-0.3, -0.25) is 4.79 Å². The maximum absolute atomic E-state index is 13.3. The third-order valence-corrected chi connectivity index (χ3v) is 5.05. The summed E-state index contributed by atoms with van der Waals surface area (Å²) in [5.74, 6) is -0.00669. The summed E-state index contributed by atoms with van der Waals surface area (Å²) in [5.41, 5.74) is -1.19. The number of rotatable bonds is 5. The van der Waals surface area contributed by atoms with Gasteiger partial charge < -0.3 is 15.5 Å². The monoisotopic (exact) mass is 481 g/mol. The molecule has 1 aromatic carbocycles. The van der Waals surface area contributed by atoms with Crippen LogP contribution in [0.25, 0.3) is 0 Å². The second-order valence-corrected chi connectivity index (χ2v) is 10.5. The molecular weight excluding hydrogens is 447 g/mol. The Hall–Kier alpha value is -3.04. The molecule has 1 heterocycles. The van der Waals surface area contributed by atoms with Gasteiger partial charge in [-0.25, -0.2) is 9.48 Å². The van der Waals surface area contributed by atoms with Crippen LogP contribution in [0, 0.1) is 0 Å². The van der Waals surface area contributed by atoms with Crippen molar-refractivity contribution in [3.05, 3.63) is 41.6 Å². The van der Waals surface area contributed by atoms with E-state index in [0.29, 0.717) is 5.82 Å². The van der Waals surface area contributed by atoms with Crippen molar-refractivity contribution in [1.82, 2.24) is 14.7 Å². The maximum atomic E-state index is 13.3. The van der Waals surface area contributed by atoms with E-state index in [0.717, 1.165) is 11.8 Å². The Bertz CT molecular complexity index is 1030. The van der Waals surface area contributed by atoms with E-state index in [1.807, 2.05) is 41.5 Å². The molecule has 0 radical (unpaired) electrons. The van der Waals surface area contributed by atoms with Crippen LogP contribution in [-0.4, -0.2) is 39.2 Å². The summed E-state index contributed by atoms with van der Waals surface area (Å²) in [7, 11) is 0. The van der Waals surface area contributed by atoms with Gasteiger partial charge in [-0.1, -0.05) is 32.9 Å². The highest BCUT2D eigenvalue weighted by atomic mass is 19.4. The van der Waals surface area contributed by atoms with Gasteiger partial charge in [0.25, 0.3) is 0 Å². The Labute approximate surface area is 198 Å². The molecule has 2 rings (SSSR count). The number of para-hydroxylation sites is 1. The number of carbonyl (C=O) groups is 2. The molecule has 0 saturated carbocycles. The van der Waals surface area contributed by atoms with Gasteiger partial charge >= 0.3 is 12.2 Å². The van der Waals surface area contributed by atoms with Crippen molar-refractivity contribution in [2.24, 2.45) is 0 Å². The molecular formula is C24H34F3N5O2. The summed E-state index contributed by atoms with van der Waals surface area (Å²) in [6.45, 7) is 14.9. The van der Waals surface area contributed by atoms with Crippen molar-refractivity contribution in [2.75, 3.05) is 17.2 Å². The van der Waals surface area contributed by atoms with Gasteiger partial charge in [-0.2, -0.15) is 18.3 Å². The molecule has 0 saturated heterocycles. The normalized spacial score (nSPS) is 12.6. The van der Waals surface area contributed by atoms with Crippen LogP contribution in [-0.2, 0) is 21.9 Å². The van der Waals surface area contributed by atoms with Crippen LogP contribution in [0.15, 0.2) is 30.3 Å². The second-order valence-electron chi connectivity index (χ2n) is 10.5. The van der Waals surface area contributed by atoms with E-state index in [2.05, 4.69) is 15.7 Å². The number of anilines is 2. The number of benzene rings is 1. The molecule has 2 N–H and O–H groups in total. The standard InChI is InChI=1S/C24H34F3N5O2/c1-15(2)31(21(34)28-17-12-10-9-11-16(17)24(25,26)27)14-20(33)29-19-13-18(22(3,4)5)30-32(19)23(6,7)8/h9-13,15H,14H2,1-8H3,(H,28,34)(H,29,33). The van der Waals surface area contributed by atoms with Crippen molar-refractivity contribution in [3.8, 4) is 0 Å². The molecule has 10 heteroatoms. The Morgan fingerprint density at radius 3 is 2.12 bits per heavy atom. The number of nitrogens with one attached hydrogen (secondary N) is 2. The summed E-state index contributed by atoms with van der Waals surface area (Å²) in [6, 6.07) is 5.26. The molecule has 0 unspecified atom stereocenters. The highest BCUT2D eigenvalue weighted by Gasteiger charge is 2.34. The summed E-state index contributed by atoms with van der Waals surface area (Å²) in [6.07, 6.45) is -4.62. The number of hydrogen-bond acceptors (Lipinski definition) is 3. The van der Waals surface area contributed by atoms with Gasteiger partial charge in [0, 0.05) is 17.5 Å². The van der Waals surface area contributed by atoms with Gasteiger partial charge in [0.1, 0.15) is 12.4 Å². The Kier molecular flexibility index (Phi) is 7.74. The quantitative estimate of drug-likeness (QED) is 0.564. The lowest BCUT2D eigenvalue weighted by Gasteiger charge is -2.27. The Morgan fingerprint density at radius 2 is 1.62 bits per heavy atom. The van der Waals surface area contributed by atoms with E-state index >= 15 is 0 Å². The van der Waals surface area contributed by atoms with E-state index < -0.39 is 35.3 Å². The minimum atomic E-state index is -4.62. The van der Waals surface area contributed by atoms with Crippen molar-refractivity contribution < 1.29 is 22.8 Å². The molecule has 2 aromatic rings. The van der Waals surface area contributed by atoms with Gasteiger partial charge in [0.15, 0.2) is 0 Å². The number of aromatic nitrogens is 2. The lowest BCUT2D eigenvalue weighted by molar-refractivity contribution is -0.137. The molecule has 34 heavy (non-hydrogen) atoms. The van der Waals surface area contributed by atoms with E-state index in [9.17, 15) is 22.8 Å². The fraction of sp³-hybridized carbons (Fsp3) is 0.542. The average Bonchev–Trinajstić information content (AvgIpc) is 3.10. The topological polar surface area (TPSA) is 79.3 Å². The minimum absolute atomic E-state index is 0.244. The average molecular weight is 482 g/mol. The SMILES string of the molecule is CC(C)N(CC(=O)Nc1cc(C(C)(C)C)nn1C(C)(C)C)C(=O)Nc1ccccc1C(F)(F)F. The first kappa shape index (κ1) is 27.2. The van der Waals surface area contributed by atoms with Crippen LogP contribution < -0.4 is 10.6 Å². The van der Waals surface area contributed by atoms with Crippen molar-refractivity contribution >= 4 is 23.4 Å². The van der Waals surface area contributed by atoms with Crippen molar-refractivity contribution in [3.63, 3.8) is 0 Å². The third kappa shape index (κ3) is 6.74. The Balaban J connectivity index is 2.24. The largest absolute Gasteiger partial charge is 0.418 e. The zero-order valence-electron chi connectivity index (χ0n) is 21.0. The molecule has 1 aromatic heterocycles. The number of carbonyl (C=O) groups excluding carboxylic acids is 2. The van der Waals surface area contributed by atoms with Crippen LogP contribution in [0.2, 0.25) is 0 Å². The van der Waals surface area contributed by atoms with Crippen LogP contribution in [0.5, 0.6) is 0 Å². The molecule has 0 bridgehead atoms. The molecule has 188 valence electrons. The summed E-state index contributed by atoms with van der Waals surface area (Å²) >= 11 is 0. The number of amides is 3. The number of urea groups is 1. The van der Waals surface area contributed by atoms with Crippen LogP contribution >= 0.6 is 0 Å². The third-order valence-electron chi connectivity index (χ3n) is 5.05. The van der Waals surface area contributed by atoms with Gasteiger partial charge in [0.05, 0.1) is 22.5 Å². The molecule has 0 fully saturated rings. The molecule has 3 amide bonds. The minimum Gasteiger partial charge on any atom is -0.313 e. The maximum Gasteiger partial charge on any atom is 0.418 e. The van der Waals surface area contributed by atoms with Gasteiger partial charge in [-0.15, -0.1) is 0 Å². The molecule has 0 aliphatic heterocycles. The first-order valence-electron chi connectivity index (χ1n) is 11.1. The first-order chi connectivity index (χ1) is 15.4. The van der Waals surface area contributed by atoms with Crippen LogP contribution in [0.4, 0.5) is 29.5 Å². The van der Waals surface area contributed by atoms with Crippen molar-refractivity contribution in [1.29, 1.82) is 0 Å². The summed E-state index contributed by atoms with van der Waals surface area (Å²) in [4.78, 5) is 26.9. The molecule has 0 aliphatic carbocycles. The zero-order chi connectivity index (χ0) is 26.1. The highest BCUT2D eigenvalue weighted by Crippen LogP contribution is 2.34. The number of halogens is 3. The van der Waals surface area contributed by atoms with E-state index in [4.69, 9.17) is 0 Å². The lowest BCUT2D eigenvalue weighted by Crippen LogP contribution is -2.45. The highest BCUT2D eigenvalue weighted by molar-refractivity contribution is 5.97. The number of alkyl halides is 3. The summed E-state index contributed by atoms with van der Waals surface area (Å²) < 4.78 is 41.6. The van der Waals surface area contributed by atoms with E-state index in [1.165, 1.54) is 23.1 Å². The summed E-state index contributed by atoms with van der Waals surface area (Å²) in [5, 5.41) is 9.75. The predicted octanol–water partition coefficient (Wildman–Crippen LogP) is 5.84. The molecule has 0 aliphatic rings. The van der Waals surface area contributed by atoms with E-state index in [1.54, 1.807) is 24.6 Å². The Morgan fingerprint density at radius 1 is 1.03 bits per heavy atom. The van der Waals surface area contributed by atoms with Crippen LogP contribution in [0.3, 0.4) is 0 Å².